The minimum atomic E-state index is 0.514. The molecule has 3 aromatic rings. The van der Waals surface area contributed by atoms with E-state index in [1.165, 1.54) is 36.1 Å². The van der Waals surface area contributed by atoms with Crippen molar-refractivity contribution < 1.29 is 9.47 Å². The van der Waals surface area contributed by atoms with Crippen LogP contribution in [0.25, 0.3) is 11.3 Å². The van der Waals surface area contributed by atoms with Gasteiger partial charge in [-0.3, -0.25) is 4.98 Å². The molecule has 0 unspecified atom stereocenters. The van der Waals surface area contributed by atoms with E-state index in [1.807, 2.05) is 6.20 Å². The molecule has 0 atom stereocenters. The molecule has 1 N–H and O–H groups in total. The summed E-state index contributed by atoms with van der Waals surface area (Å²) in [5, 5.41) is 3.50. The van der Waals surface area contributed by atoms with Crippen LogP contribution in [0.1, 0.15) is 49.1 Å². The number of piperidine rings is 1. The van der Waals surface area contributed by atoms with Crippen LogP contribution >= 0.6 is 15.9 Å². The molecule has 1 saturated heterocycles. The van der Waals surface area contributed by atoms with Crippen LogP contribution < -0.4 is 19.7 Å². The van der Waals surface area contributed by atoms with E-state index in [9.17, 15) is 0 Å². The van der Waals surface area contributed by atoms with Crippen molar-refractivity contribution in [1.29, 1.82) is 0 Å². The van der Waals surface area contributed by atoms with Crippen LogP contribution in [-0.2, 0) is 6.54 Å². The highest BCUT2D eigenvalue weighted by Crippen LogP contribution is 2.46. The maximum absolute atomic E-state index is 5.76. The van der Waals surface area contributed by atoms with E-state index in [2.05, 4.69) is 74.7 Å². The van der Waals surface area contributed by atoms with Gasteiger partial charge in [0.2, 0.25) is 0 Å². The predicted octanol–water partition coefficient (Wildman–Crippen LogP) is 6.55. The number of pyridine rings is 1. The summed E-state index contributed by atoms with van der Waals surface area (Å²) in [5.74, 6) is 2.18. The highest BCUT2D eigenvalue weighted by molar-refractivity contribution is 9.10. The van der Waals surface area contributed by atoms with Crippen LogP contribution in [0.5, 0.6) is 11.5 Å². The van der Waals surface area contributed by atoms with Gasteiger partial charge in [-0.25, -0.2) is 0 Å². The largest absolute Gasteiger partial charge is 0.493 e. The van der Waals surface area contributed by atoms with Crippen LogP contribution in [0.3, 0.4) is 0 Å². The van der Waals surface area contributed by atoms with Gasteiger partial charge >= 0.3 is 0 Å². The van der Waals surface area contributed by atoms with E-state index in [0.29, 0.717) is 12.0 Å². The molecule has 2 aliphatic rings. The van der Waals surface area contributed by atoms with Crippen molar-refractivity contribution in [3.8, 4) is 22.8 Å². The minimum absolute atomic E-state index is 0.514. The lowest BCUT2D eigenvalue weighted by molar-refractivity contribution is 0.337. The highest BCUT2D eigenvalue weighted by atomic mass is 79.9. The van der Waals surface area contributed by atoms with E-state index < -0.39 is 0 Å². The van der Waals surface area contributed by atoms with Crippen LogP contribution in [-0.4, -0.2) is 38.3 Å². The van der Waals surface area contributed by atoms with E-state index >= 15 is 0 Å². The van der Waals surface area contributed by atoms with Gasteiger partial charge in [-0.1, -0.05) is 22.4 Å². The molecule has 184 valence electrons. The number of halogens is 1. The summed E-state index contributed by atoms with van der Waals surface area (Å²) >= 11 is 3.58. The molecule has 1 aliphatic heterocycles. The van der Waals surface area contributed by atoms with Crippen molar-refractivity contribution in [3.05, 3.63) is 70.3 Å². The highest BCUT2D eigenvalue weighted by Gasteiger charge is 2.26. The number of hydrogen-bond donors (Lipinski definition) is 1. The Hall–Kier alpha value is -2.57. The molecular weight excluding hydrogens is 502 g/mol. The van der Waals surface area contributed by atoms with E-state index in [0.717, 1.165) is 59.7 Å². The zero-order valence-corrected chi connectivity index (χ0v) is 22.2. The van der Waals surface area contributed by atoms with Gasteiger partial charge in [-0.05, 0) is 98.8 Å². The average Bonchev–Trinajstić information content (AvgIpc) is 2.87. The SMILES string of the molecule is COc1cc(-c2cc(CN(c3ccc(Br)cc3)C3CCNCC3)ccn2)cc(C2CCC2)c1OC. The van der Waals surface area contributed by atoms with Crippen molar-refractivity contribution in [2.45, 2.75) is 50.6 Å². The Labute approximate surface area is 217 Å². The van der Waals surface area contributed by atoms with Gasteiger partial charge < -0.3 is 19.7 Å². The molecule has 5 nitrogen and oxygen atoms in total. The van der Waals surface area contributed by atoms with Crippen molar-refractivity contribution >= 4 is 21.6 Å². The Morgan fingerprint density at radius 2 is 1.74 bits per heavy atom. The number of benzene rings is 2. The van der Waals surface area contributed by atoms with Crippen molar-refractivity contribution in [1.82, 2.24) is 10.3 Å². The fourth-order valence-corrected chi connectivity index (χ4v) is 5.54. The summed E-state index contributed by atoms with van der Waals surface area (Å²) in [6, 6.07) is 17.9. The Kier molecular flexibility index (Phi) is 7.59. The Morgan fingerprint density at radius 1 is 0.971 bits per heavy atom. The predicted molar refractivity (Wildman–Crippen MR) is 146 cm³/mol. The van der Waals surface area contributed by atoms with Crippen LogP contribution in [0.15, 0.2) is 59.2 Å². The number of anilines is 1. The minimum Gasteiger partial charge on any atom is -0.493 e. The smallest absolute Gasteiger partial charge is 0.164 e. The van der Waals surface area contributed by atoms with Crippen molar-refractivity contribution in [3.63, 3.8) is 0 Å². The number of nitrogens with one attached hydrogen (secondary N) is 1. The zero-order chi connectivity index (χ0) is 24.2. The number of nitrogens with zero attached hydrogens (tertiary/aromatic N) is 2. The number of rotatable bonds is 8. The summed E-state index contributed by atoms with van der Waals surface area (Å²) in [7, 11) is 3.45. The molecule has 1 aromatic heterocycles. The molecule has 5 rings (SSSR count). The van der Waals surface area contributed by atoms with Crippen molar-refractivity contribution in [2.75, 3.05) is 32.2 Å². The number of hydrogen-bond acceptors (Lipinski definition) is 5. The van der Waals surface area contributed by atoms with E-state index in [-0.39, 0.29) is 0 Å². The summed E-state index contributed by atoms with van der Waals surface area (Å²) in [5.41, 5.74) is 5.83. The molecule has 0 amide bonds. The lowest BCUT2D eigenvalue weighted by Crippen LogP contribution is -2.43. The second-order valence-electron chi connectivity index (χ2n) is 9.56. The van der Waals surface area contributed by atoms with Crippen molar-refractivity contribution in [2.24, 2.45) is 0 Å². The van der Waals surface area contributed by atoms with Crippen LogP contribution in [0.4, 0.5) is 5.69 Å². The summed E-state index contributed by atoms with van der Waals surface area (Å²) in [6.07, 6.45) is 7.91. The quantitative estimate of drug-likeness (QED) is 0.354. The molecule has 0 bridgehead atoms. The number of ether oxygens (including phenoxy) is 2. The number of methoxy groups -OCH3 is 2. The first-order valence-electron chi connectivity index (χ1n) is 12.6. The van der Waals surface area contributed by atoms with Gasteiger partial charge in [-0.15, -0.1) is 0 Å². The Morgan fingerprint density at radius 3 is 2.40 bits per heavy atom. The second kappa shape index (κ2) is 11.0. The maximum Gasteiger partial charge on any atom is 0.164 e. The normalized spacial score (nSPS) is 16.5. The summed E-state index contributed by atoms with van der Waals surface area (Å²) in [4.78, 5) is 7.31. The average molecular weight is 537 g/mol. The van der Waals surface area contributed by atoms with Gasteiger partial charge in [0, 0.05) is 40.1 Å². The summed E-state index contributed by atoms with van der Waals surface area (Å²) in [6.45, 7) is 2.98. The second-order valence-corrected chi connectivity index (χ2v) is 10.5. The van der Waals surface area contributed by atoms with Gasteiger partial charge in [0.25, 0.3) is 0 Å². The summed E-state index contributed by atoms with van der Waals surface area (Å²) < 4.78 is 12.6. The molecule has 2 fully saturated rings. The van der Waals surface area contributed by atoms with E-state index in [1.54, 1.807) is 14.2 Å². The maximum atomic E-state index is 5.76. The van der Waals surface area contributed by atoms with Gasteiger partial charge in [0.05, 0.1) is 19.9 Å². The molecule has 0 radical (unpaired) electrons. The lowest BCUT2D eigenvalue weighted by Gasteiger charge is -2.36. The van der Waals surface area contributed by atoms with Gasteiger partial charge in [0.1, 0.15) is 0 Å². The van der Waals surface area contributed by atoms with E-state index in [4.69, 9.17) is 14.5 Å². The fraction of sp³-hybridized carbons (Fsp3) is 0.414. The van der Waals surface area contributed by atoms with Crippen LogP contribution in [0, 0.1) is 0 Å². The number of aromatic nitrogens is 1. The molecule has 2 aromatic carbocycles. The molecule has 0 spiro atoms. The first-order chi connectivity index (χ1) is 17.2. The Bertz CT molecular complexity index is 1140. The first-order valence-corrected chi connectivity index (χ1v) is 13.4. The zero-order valence-electron chi connectivity index (χ0n) is 20.6. The third kappa shape index (κ3) is 5.34. The standard InChI is InChI=1S/C29H34BrN3O2/c1-34-28-18-22(17-26(29(28)35-2)21-4-3-5-21)27-16-20(10-15-32-27)19-33(25-11-13-31-14-12-25)24-8-6-23(30)7-9-24/h6-10,15-18,21,25,31H,3-5,11-14,19H2,1-2H3. The monoisotopic (exact) mass is 535 g/mol. The molecular formula is C29H34BrN3O2. The van der Waals surface area contributed by atoms with Gasteiger partial charge in [0.15, 0.2) is 11.5 Å². The third-order valence-electron chi connectivity index (χ3n) is 7.43. The van der Waals surface area contributed by atoms with Crippen LogP contribution in [0.2, 0.25) is 0 Å². The third-order valence-corrected chi connectivity index (χ3v) is 7.96. The fourth-order valence-electron chi connectivity index (χ4n) is 5.27. The molecule has 6 heteroatoms. The first kappa shape index (κ1) is 24.1. The Balaban J connectivity index is 1.47. The topological polar surface area (TPSA) is 46.6 Å². The molecule has 2 heterocycles. The lowest BCUT2D eigenvalue weighted by atomic mass is 9.79. The molecule has 35 heavy (non-hydrogen) atoms. The molecule has 1 aliphatic carbocycles. The molecule has 1 saturated carbocycles. The van der Waals surface area contributed by atoms with Gasteiger partial charge in [-0.2, -0.15) is 0 Å².